The number of thioether (sulfide) groups is 1. The van der Waals surface area contributed by atoms with E-state index in [2.05, 4.69) is 5.32 Å². The van der Waals surface area contributed by atoms with Gasteiger partial charge >= 0.3 is 0 Å². The number of nitrogens with one attached hydrogen (secondary N) is 1. The van der Waals surface area contributed by atoms with Crippen molar-refractivity contribution in [3.8, 4) is 0 Å². The zero-order chi connectivity index (χ0) is 23.7. The Morgan fingerprint density at radius 2 is 1.84 bits per heavy atom. The number of halogens is 2. The highest BCUT2D eigenvalue weighted by Crippen LogP contribution is 2.25. The van der Waals surface area contributed by atoms with Crippen LogP contribution in [0.2, 0.25) is 10.0 Å². The van der Waals surface area contributed by atoms with E-state index < -0.39 is 11.0 Å². The molecule has 7 nitrogen and oxygen atoms in total. The van der Waals surface area contributed by atoms with Gasteiger partial charge in [-0.1, -0.05) is 48.3 Å². The van der Waals surface area contributed by atoms with Gasteiger partial charge in [0.1, 0.15) is 6.04 Å². The Balaban J connectivity index is 2.13. The van der Waals surface area contributed by atoms with Crippen molar-refractivity contribution in [3.05, 3.63) is 73.8 Å². The van der Waals surface area contributed by atoms with Crippen molar-refractivity contribution in [3.63, 3.8) is 0 Å². The summed E-state index contributed by atoms with van der Waals surface area (Å²) in [7, 11) is 0. The molecule has 0 heterocycles. The number of amides is 2. The minimum Gasteiger partial charge on any atom is -0.355 e. The molecule has 172 valence electrons. The van der Waals surface area contributed by atoms with Crippen molar-refractivity contribution < 1.29 is 14.5 Å². The van der Waals surface area contributed by atoms with Gasteiger partial charge in [-0.05, 0) is 36.6 Å². The predicted octanol–water partition coefficient (Wildman–Crippen LogP) is 5.08. The van der Waals surface area contributed by atoms with Crippen LogP contribution in [0.3, 0.4) is 0 Å². The van der Waals surface area contributed by atoms with Gasteiger partial charge in [0.05, 0.1) is 10.7 Å². The van der Waals surface area contributed by atoms with Crippen molar-refractivity contribution in [2.24, 2.45) is 0 Å². The van der Waals surface area contributed by atoms with Crippen LogP contribution in [0, 0.1) is 10.1 Å². The van der Waals surface area contributed by atoms with Crippen molar-refractivity contribution in [1.82, 2.24) is 10.2 Å². The average Bonchev–Trinajstić information content (AvgIpc) is 2.75. The molecule has 2 amide bonds. The van der Waals surface area contributed by atoms with E-state index in [-0.39, 0.29) is 29.8 Å². The molecule has 0 aliphatic carbocycles. The zero-order valence-electron chi connectivity index (χ0n) is 17.8. The molecule has 0 fully saturated rings. The number of hydrogen-bond donors (Lipinski definition) is 1. The van der Waals surface area contributed by atoms with E-state index in [0.29, 0.717) is 34.3 Å². The first-order chi connectivity index (χ1) is 15.3. The van der Waals surface area contributed by atoms with Crippen LogP contribution in [0.25, 0.3) is 0 Å². The molecule has 0 aromatic heterocycles. The van der Waals surface area contributed by atoms with Gasteiger partial charge < -0.3 is 10.2 Å². The smallest absolute Gasteiger partial charge is 0.269 e. The molecule has 0 saturated carbocycles. The average molecular weight is 498 g/mol. The Kier molecular flexibility index (Phi) is 10.3. The summed E-state index contributed by atoms with van der Waals surface area (Å²) in [6, 6.07) is 10.6. The van der Waals surface area contributed by atoms with Crippen LogP contribution in [0.1, 0.15) is 31.4 Å². The second-order valence-electron chi connectivity index (χ2n) is 6.99. The van der Waals surface area contributed by atoms with Gasteiger partial charge in [0.25, 0.3) is 5.69 Å². The maximum Gasteiger partial charge on any atom is 0.269 e. The van der Waals surface area contributed by atoms with Crippen molar-refractivity contribution in [1.29, 1.82) is 0 Å². The van der Waals surface area contributed by atoms with Crippen molar-refractivity contribution in [2.75, 3.05) is 12.3 Å². The Morgan fingerprint density at radius 3 is 2.41 bits per heavy atom. The molecular weight excluding hydrogens is 473 g/mol. The third-order valence-corrected chi connectivity index (χ3v) is 6.31. The largest absolute Gasteiger partial charge is 0.355 e. The number of rotatable bonds is 11. The molecule has 0 unspecified atom stereocenters. The quantitative estimate of drug-likeness (QED) is 0.345. The Hall–Kier alpha value is -2.29. The molecule has 0 aliphatic rings. The summed E-state index contributed by atoms with van der Waals surface area (Å²) in [6.45, 7) is 4.33. The minimum absolute atomic E-state index is 0.0218. The van der Waals surface area contributed by atoms with Gasteiger partial charge in [-0.25, -0.2) is 0 Å². The minimum atomic E-state index is -0.630. The maximum absolute atomic E-state index is 13.1. The molecule has 2 aromatic rings. The predicted molar refractivity (Wildman–Crippen MR) is 129 cm³/mol. The zero-order valence-corrected chi connectivity index (χ0v) is 20.2. The van der Waals surface area contributed by atoms with Gasteiger partial charge in [-0.15, -0.1) is 11.8 Å². The second kappa shape index (κ2) is 12.7. The normalized spacial score (nSPS) is 11.6. The lowest BCUT2D eigenvalue weighted by atomic mass is 10.1. The molecule has 1 atom stereocenters. The van der Waals surface area contributed by atoms with Crippen molar-refractivity contribution >= 4 is 52.5 Å². The number of nitrogens with zero attached hydrogens (tertiary/aromatic N) is 2. The Bertz CT molecular complexity index is 957. The highest BCUT2D eigenvalue weighted by Gasteiger charge is 2.28. The summed E-state index contributed by atoms with van der Waals surface area (Å²) in [5.41, 5.74) is 1.59. The van der Waals surface area contributed by atoms with Crippen LogP contribution >= 0.6 is 35.0 Å². The monoisotopic (exact) mass is 497 g/mol. The van der Waals surface area contributed by atoms with Gasteiger partial charge in [0, 0.05) is 41.0 Å². The second-order valence-corrected chi connectivity index (χ2v) is 8.82. The summed E-state index contributed by atoms with van der Waals surface area (Å²) < 4.78 is 0. The molecule has 32 heavy (non-hydrogen) atoms. The number of benzene rings is 2. The van der Waals surface area contributed by atoms with E-state index in [4.69, 9.17) is 23.2 Å². The Morgan fingerprint density at radius 1 is 1.16 bits per heavy atom. The van der Waals surface area contributed by atoms with Crippen LogP contribution in [0.15, 0.2) is 42.5 Å². The highest BCUT2D eigenvalue weighted by atomic mass is 35.5. The molecule has 2 aromatic carbocycles. The van der Waals surface area contributed by atoms with Crippen LogP contribution in [-0.2, 0) is 21.9 Å². The number of carbonyl (C=O) groups is 2. The first-order valence-electron chi connectivity index (χ1n) is 10.1. The van der Waals surface area contributed by atoms with Crippen molar-refractivity contribution in [2.45, 2.75) is 38.6 Å². The summed E-state index contributed by atoms with van der Waals surface area (Å²) in [4.78, 5) is 37.6. The third kappa shape index (κ3) is 7.39. The maximum atomic E-state index is 13.1. The number of carbonyl (C=O) groups excluding carboxylic acids is 2. The Labute approximate surface area is 201 Å². The number of nitro groups is 1. The number of likely N-dealkylation sites (N-methyl/N-ethyl adjacent to an activating group) is 1. The molecule has 1 N–H and O–H groups in total. The lowest BCUT2D eigenvalue weighted by Crippen LogP contribution is -2.49. The van der Waals surface area contributed by atoms with Gasteiger partial charge in [-0.3, -0.25) is 19.7 Å². The van der Waals surface area contributed by atoms with Crippen LogP contribution in [0.5, 0.6) is 0 Å². The molecule has 2 rings (SSSR count). The van der Waals surface area contributed by atoms with Crippen LogP contribution in [-0.4, -0.2) is 40.0 Å². The fraction of sp³-hybridized carbons (Fsp3) is 0.364. The van der Waals surface area contributed by atoms with Gasteiger partial charge in [0.2, 0.25) is 11.8 Å². The molecule has 10 heteroatoms. The lowest BCUT2D eigenvalue weighted by molar-refractivity contribution is -0.384. The molecule has 0 saturated heterocycles. The van der Waals surface area contributed by atoms with Gasteiger partial charge in [-0.2, -0.15) is 0 Å². The molecule has 0 aliphatic heterocycles. The van der Waals surface area contributed by atoms with E-state index in [9.17, 15) is 19.7 Å². The van der Waals surface area contributed by atoms with Crippen LogP contribution in [0.4, 0.5) is 5.69 Å². The SMILES string of the molecule is CCNC(=O)[C@H](CC)N(Cc1ccc(Cl)cc1Cl)C(=O)CSCc1ccc([N+](=O)[O-])cc1. The summed E-state index contributed by atoms with van der Waals surface area (Å²) in [5, 5.41) is 14.5. The van der Waals surface area contributed by atoms with E-state index in [1.807, 2.05) is 13.8 Å². The van der Waals surface area contributed by atoms with E-state index in [1.54, 1.807) is 35.2 Å². The molecule has 0 radical (unpaired) electrons. The fourth-order valence-electron chi connectivity index (χ4n) is 3.10. The summed E-state index contributed by atoms with van der Waals surface area (Å²) >= 11 is 13.7. The number of non-ortho nitro benzene ring substituents is 1. The molecular formula is C22H25Cl2N3O4S. The number of hydrogen-bond acceptors (Lipinski definition) is 5. The number of nitro benzene ring substituents is 1. The highest BCUT2D eigenvalue weighted by molar-refractivity contribution is 7.99. The summed E-state index contributed by atoms with van der Waals surface area (Å²) in [5.74, 6) is 0.254. The summed E-state index contributed by atoms with van der Waals surface area (Å²) in [6.07, 6.45) is 0.454. The first-order valence-corrected chi connectivity index (χ1v) is 12.0. The first kappa shape index (κ1) is 26.0. The fourth-order valence-corrected chi connectivity index (χ4v) is 4.44. The third-order valence-electron chi connectivity index (χ3n) is 4.73. The molecule has 0 bridgehead atoms. The molecule has 0 spiro atoms. The van der Waals surface area contributed by atoms with Crippen LogP contribution < -0.4 is 5.32 Å². The van der Waals surface area contributed by atoms with E-state index in [0.717, 1.165) is 5.56 Å². The van der Waals surface area contributed by atoms with E-state index in [1.165, 1.54) is 23.9 Å². The van der Waals surface area contributed by atoms with E-state index >= 15 is 0 Å². The standard InChI is InChI=1S/C22H25Cl2N3O4S/c1-3-20(22(29)25-4-2)26(12-16-7-8-17(23)11-19(16)24)21(28)14-32-13-15-5-9-18(10-6-15)27(30)31/h5-11,20H,3-4,12-14H2,1-2H3,(H,25,29)/t20-/m0/s1. The lowest BCUT2D eigenvalue weighted by Gasteiger charge is -2.30. The topological polar surface area (TPSA) is 92.6 Å². The van der Waals surface area contributed by atoms with Gasteiger partial charge in [0.15, 0.2) is 0 Å².